The maximum atomic E-state index is 5.51. The van der Waals surface area contributed by atoms with Crippen LogP contribution in [0.15, 0.2) is 0 Å². The minimum absolute atomic E-state index is 0.654. The molecule has 0 spiro atoms. The second-order valence-corrected chi connectivity index (χ2v) is 10.1. The number of rotatable bonds is 7. The van der Waals surface area contributed by atoms with Crippen LogP contribution in [0.4, 0.5) is 0 Å². The summed E-state index contributed by atoms with van der Waals surface area (Å²) in [5, 5.41) is 3.27. The lowest BCUT2D eigenvalue weighted by atomic mass is 10.7. The molecule has 1 fully saturated rings. The van der Waals surface area contributed by atoms with Gasteiger partial charge in [0.15, 0.2) is 8.80 Å². The lowest BCUT2D eigenvalue weighted by Crippen LogP contribution is -2.58. The zero-order valence-electron chi connectivity index (χ0n) is 11.2. The van der Waals surface area contributed by atoms with Crippen molar-refractivity contribution in [1.29, 1.82) is 0 Å². The van der Waals surface area contributed by atoms with Crippen LogP contribution in [0, 0.1) is 0 Å². The van der Waals surface area contributed by atoms with Gasteiger partial charge in [0.1, 0.15) is 0 Å². The van der Waals surface area contributed by atoms with Crippen LogP contribution in [-0.2, 0) is 22.8 Å². The molecule has 1 aliphatic rings. The second kappa shape index (κ2) is 6.39. The highest BCUT2D eigenvalue weighted by Crippen LogP contribution is 2.28. The smallest absolute Gasteiger partial charge is 0.377 e. The SMILES string of the molecule is COC1(OC)NCC[Si]1C[Si](OC)(OC)OC. The Morgan fingerprint density at radius 1 is 1.06 bits per heavy atom. The summed E-state index contributed by atoms with van der Waals surface area (Å²) in [4.78, 5) is 0. The maximum Gasteiger partial charge on any atom is 0.497 e. The van der Waals surface area contributed by atoms with Gasteiger partial charge >= 0.3 is 8.80 Å². The van der Waals surface area contributed by atoms with Gasteiger partial charge in [-0.25, -0.2) is 0 Å². The molecule has 1 radical (unpaired) electrons. The van der Waals surface area contributed by atoms with Crippen molar-refractivity contribution >= 4 is 17.6 Å². The molecule has 1 rings (SSSR count). The van der Waals surface area contributed by atoms with Crippen LogP contribution >= 0.6 is 0 Å². The van der Waals surface area contributed by atoms with Crippen molar-refractivity contribution in [3.05, 3.63) is 0 Å². The van der Waals surface area contributed by atoms with E-state index in [4.69, 9.17) is 22.8 Å². The fourth-order valence-corrected chi connectivity index (χ4v) is 9.79. The maximum absolute atomic E-state index is 5.51. The van der Waals surface area contributed by atoms with Gasteiger partial charge in [-0.3, -0.25) is 5.32 Å². The minimum Gasteiger partial charge on any atom is -0.377 e. The molecular weight excluding hydrogens is 258 g/mol. The third-order valence-electron chi connectivity index (χ3n) is 3.19. The Morgan fingerprint density at radius 3 is 2.00 bits per heavy atom. The Bertz CT molecular complexity index is 227. The molecule has 1 saturated heterocycles. The van der Waals surface area contributed by atoms with Gasteiger partial charge in [-0.05, 0) is 12.6 Å². The molecule has 0 saturated carbocycles. The van der Waals surface area contributed by atoms with E-state index in [1.807, 2.05) is 0 Å². The molecule has 8 heteroatoms. The molecule has 0 amide bonds. The van der Waals surface area contributed by atoms with Crippen molar-refractivity contribution in [2.24, 2.45) is 0 Å². The Labute approximate surface area is 105 Å². The zero-order valence-corrected chi connectivity index (χ0v) is 13.2. The van der Waals surface area contributed by atoms with Crippen LogP contribution in [0.3, 0.4) is 0 Å². The lowest BCUT2D eigenvalue weighted by molar-refractivity contribution is -0.162. The summed E-state index contributed by atoms with van der Waals surface area (Å²) in [6.45, 7) is 0.887. The van der Waals surface area contributed by atoms with Crippen molar-refractivity contribution in [3.8, 4) is 0 Å². The van der Waals surface area contributed by atoms with Crippen molar-refractivity contribution in [2.45, 2.75) is 17.2 Å². The first-order valence-corrected chi connectivity index (χ1v) is 9.32. The van der Waals surface area contributed by atoms with Gasteiger partial charge in [0.2, 0.25) is 5.53 Å². The third-order valence-corrected chi connectivity index (χ3v) is 10.9. The van der Waals surface area contributed by atoms with E-state index in [1.165, 1.54) is 0 Å². The van der Waals surface area contributed by atoms with Gasteiger partial charge in [-0.15, -0.1) is 0 Å². The molecule has 0 aromatic rings. The first kappa shape index (κ1) is 15.3. The van der Waals surface area contributed by atoms with E-state index in [0.29, 0.717) is 0 Å². The molecule has 1 aliphatic heterocycles. The first-order chi connectivity index (χ1) is 8.12. The average molecular weight is 280 g/mol. The quantitative estimate of drug-likeness (QED) is 0.523. The number of hydrogen-bond acceptors (Lipinski definition) is 6. The highest BCUT2D eigenvalue weighted by Gasteiger charge is 2.52. The van der Waals surface area contributed by atoms with Gasteiger partial charge in [-0.1, -0.05) is 0 Å². The number of methoxy groups -OCH3 is 2. The molecular formula is C9H22NO5Si2. The Hall–Kier alpha value is 0.194. The average Bonchev–Trinajstić information content (AvgIpc) is 2.79. The number of hydrogen-bond donors (Lipinski definition) is 1. The Kier molecular flexibility index (Phi) is 5.73. The third kappa shape index (κ3) is 2.96. The molecule has 0 bridgehead atoms. The van der Waals surface area contributed by atoms with E-state index in [1.54, 1.807) is 35.5 Å². The van der Waals surface area contributed by atoms with E-state index < -0.39 is 23.1 Å². The topological polar surface area (TPSA) is 58.2 Å². The van der Waals surface area contributed by atoms with Crippen molar-refractivity contribution < 1.29 is 22.8 Å². The van der Waals surface area contributed by atoms with E-state index in [9.17, 15) is 0 Å². The molecule has 17 heavy (non-hydrogen) atoms. The Balaban J connectivity index is 2.78. The van der Waals surface area contributed by atoms with Crippen molar-refractivity contribution in [2.75, 3.05) is 42.1 Å². The monoisotopic (exact) mass is 280 g/mol. The number of ether oxygens (including phenoxy) is 2. The van der Waals surface area contributed by atoms with E-state index >= 15 is 0 Å². The van der Waals surface area contributed by atoms with E-state index in [2.05, 4.69) is 5.32 Å². The van der Waals surface area contributed by atoms with Crippen LogP contribution in [0.25, 0.3) is 0 Å². The molecule has 0 aliphatic carbocycles. The van der Waals surface area contributed by atoms with Crippen LogP contribution in [-0.4, -0.2) is 65.2 Å². The molecule has 6 nitrogen and oxygen atoms in total. The van der Waals surface area contributed by atoms with Crippen molar-refractivity contribution in [1.82, 2.24) is 5.32 Å². The van der Waals surface area contributed by atoms with Crippen LogP contribution < -0.4 is 5.32 Å². The van der Waals surface area contributed by atoms with Gasteiger partial charge in [0.25, 0.3) is 0 Å². The van der Waals surface area contributed by atoms with Gasteiger partial charge in [0, 0.05) is 41.2 Å². The summed E-state index contributed by atoms with van der Waals surface area (Å²) in [6, 6.07) is 1.04. The summed E-state index contributed by atoms with van der Waals surface area (Å²) in [5.74, 6) is 0. The molecule has 0 aromatic heterocycles. The van der Waals surface area contributed by atoms with Crippen LogP contribution in [0.1, 0.15) is 0 Å². The highest BCUT2D eigenvalue weighted by molar-refractivity contribution is 6.80. The van der Waals surface area contributed by atoms with Crippen LogP contribution in [0.2, 0.25) is 11.7 Å². The molecule has 101 valence electrons. The summed E-state index contributed by atoms with van der Waals surface area (Å²) < 4.78 is 27.4. The van der Waals surface area contributed by atoms with E-state index in [-0.39, 0.29) is 0 Å². The van der Waals surface area contributed by atoms with Crippen LogP contribution in [0.5, 0.6) is 0 Å². The van der Waals surface area contributed by atoms with Gasteiger partial charge < -0.3 is 22.8 Å². The molecule has 1 heterocycles. The standard InChI is InChI=1S/C9H22NO5Si2/c1-11-9(12-2)10-6-7-16(9)8-17(13-3,14-4)15-5/h10H,6-8H2,1-5H3. The molecule has 0 atom stereocenters. The second-order valence-electron chi connectivity index (χ2n) is 3.78. The fraction of sp³-hybridized carbons (Fsp3) is 1.00. The molecule has 0 unspecified atom stereocenters. The summed E-state index contributed by atoms with van der Waals surface area (Å²) in [5.41, 5.74) is 0.106. The Morgan fingerprint density at radius 2 is 1.59 bits per heavy atom. The molecule has 1 N–H and O–H groups in total. The highest BCUT2D eigenvalue weighted by atomic mass is 28.4. The van der Waals surface area contributed by atoms with E-state index in [0.717, 1.165) is 18.3 Å². The van der Waals surface area contributed by atoms with Crippen molar-refractivity contribution in [3.63, 3.8) is 0 Å². The fourth-order valence-electron chi connectivity index (χ4n) is 2.12. The predicted molar refractivity (Wildman–Crippen MR) is 66.9 cm³/mol. The zero-order chi connectivity index (χ0) is 12.9. The summed E-state index contributed by atoms with van der Waals surface area (Å²) in [6.07, 6.45) is 0. The molecule has 0 aromatic carbocycles. The minimum atomic E-state index is -2.56. The normalized spacial score (nSPS) is 21.0. The largest absolute Gasteiger partial charge is 0.497 e. The first-order valence-electron chi connectivity index (χ1n) is 5.48. The predicted octanol–water partition coefficient (Wildman–Crippen LogP) is -0.0125. The lowest BCUT2D eigenvalue weighted by Gasteiger charge is -2.34. The van der Waals surface area contributed by atoms with Gasteiger partial charge in [0.05, 0.1) is 0 Å². The number of nitrogens with one attached hydrogen (secondary N) is 1. The summed E-state index contributed by atoms with van der Waals surface area (Å²) in [7, 11) is 4.67. The summed E-state index contributed by atoms with van der Waals surface area (Å²) >= 11 is 0. The van der Waals surface area contributed by atoms with Gasteiger partial charge in [-0.2, -0.15) is 0 Å².